The Kier molecular flexibility index (Phi) is 11.1. The van der Waals surface area contributed by atoms with Crippen LogP contribution < -0.4 is 0 Å². The van der Waals surface area contributed by atoms with Gasteiger partial charge in [0, 0.05) is 42.7 Å². The third kappa shape index (κ3) is 11.8. The van der Waals surface area contributed by atoms with Crippen LogP contribution in [0.3, 0.4) is 0 Å². The molecule has 1 aromatic carbocycles. The second-order valence-electron chi connectivity index (χ2n) is 6.36. The van der Waals surface area contributed by atoms with Gasteiger partial charge in [-0.1, -0.05) is 36.4 Å². The van der Waals surface area contributed by atoms with Gasteiger partial charge in [0.2, 0.25) is 0 Å². The van der Waals surface area contributed by atoms with Gasteiger partial charge in [-0.3, -0.25) is 24.4 Å². The van der Waals surface area contributed by atoms with Crippen LogP contribution in [0.5, 0.6) is 0 Å². The maximum atomic E-state index is 10.6. The van der Waals surface area contributed by atoms with E-state index in [1.54, 1.807) is 39.4 Å². The molecule has 3 aromatic rings. The molecule has 150 valence electrons. The van der Waals surface area contributed by atoms with Crippen LogP contribution in [-0.2, 0) is 22.4 Å². The molecule has 0 atom stereocenters. The zero-order chi connectivity index (χ0) is 21.5. The van der Waals surface area contributed by atoms with Crippen LogP contribution in [0, 0.1) is 0 Å². The second kappa shape index (κ2) is 13.7. The van der Waals surface area contributed by atoms with Gasteiger partial charge in [-0.15, -0.1) is 0 Å². The first-order valence-electron chi connectivity index (χ1n) is 9.22. The number of pyridine rings is 2. The lowest BCUT2D eigenvalue weighted by atomic mass is 10.1. The van der Waals surface area contributed by atoms with E-state index in [0.717, 1.165) is 16.8 Å². The Balaban J connectivity index is 0.000000218. The Labute approximate surface area is 171 Å². The van der Waals surface area contributed by atoms with E-state index in [-0.39, 0.29) is 17.3 Å². The van der Waals surface area contributed by atoms with Gasteiger partial charge in [0.25, 0.3) is 0 Å². The summed E-state index contributed by atoms with van der Waals surface area (Å²) in [6, 6.07) is 18.5. The number of ketones is 3. The minimum absolute atomic E-state index is 0.121. The fourth-order valence-corrected chi connectivity index (χ4v) is 2.22. The van der Waals surface area contributed by atoms with E-state index < -0.39 is 0 Å². The molecule has 0 bridgehead atoms. The molecule has 3 rings (SSSR count). The lowest BCUT2D eigenvalue weighted by Crippen LogP contribution is -1.97. The van der Waals surface area contributed by atoms with E-state index in [9.17, 15) is 14.4 Å². The summed E-state index contributed by atoms with van der Waals surface area (Å²) in [6.07, 6.45) is 6.04. The molecule has 2 heterocycles. The highest BCUT2D eigenvalue weighted by molar-refractivity contribution is 5.93. The van der Waals surface area contributed by atoms with Crippen molar-refractivity contribution < 1.29 is 14.4 Å². The zero-order valence-corrected chi connectivity index (χ0v) is 17.0. The number of carbonyl (C=O) groups excluding carboxylic acids is 3. The molecule has 0 aliphatic carbocycles. The quantitative estimate of drug-likeness (QED) is 0.607. The molecule has 0 aliphatic rings. The van der Waals surface area contributed by atoms with Crippen LogP contribution in [0.2, 0.25) is 0 Å². The lowest BCUT2D eigenvalue weighted by molar-refractivity contribution is -0.117. The number of benzene rings is 1. The lowest BCUT2D eigenvalue weighted by Gasteiger charge is -1.93. The second-order valence-corrected chi connectivity index (χ2v) is 6.36. The molecule has 0 unspecified atom stereocenters. The number of aromatic nitrogens is 2. The molecular weight excluding hydrogens is 364 g/mol. The molecule has 5 heteroatoms. The van der Waals surface area contributed by atoms with Crippen molar-refractivity contribution in [2.24, 2.45) is 0 Å². The van der Waals surface area contributed by atoms with E-state index in [0.29, 0.717) is 12.8 Å². The Morgan fingerprint density at radius 3 is 1.72 bits per heavy atom. The van der Waals surface area contributed by atoms with Crippen molar-refractivity contribution in [3.05, 3.63) is 96.1 Å². The zero-order valence-electron chi connectivity index (χ0n) is 17.0. The molecule has 0 amide bonds. The molecule has 0 aliphatic heterocycles. The van der Waals surface area contributed by atoms with Crippen molar-refractivity contribution in [3.63, 3.8) is 0 Å². The van der Waals surface area contributed by atoms with Gasteiger partial charge in [0.05, 0.1) is 0 Å². The Hall–Kier alpha value is -3.47. The van der Waals surface area contributed by atoms with E-state index >= 15 is 0 Å². The average Bonchev–Trinajstić information content (AvgIpc) is 2.70. The van der Waals surface area contributed by atoms with E-state index in [1.165, 1.54) is 0 Å². The van der Waals surface area contributed by atoms with Crippen LogP contribution in [0.1, 0.15) is 42.4 Å². The topological polar surface area (TPSA) is 77.0 Å². The van der Waals surface area contributed by atoms with Crippen molar-refractivity contribution >= 4 is 17.3 Å². The van der Waals surface area contributed by atoms with Gasteiger partial charge >= 0.3 is 0 Å². The highest BCUT2D eigenvalue weighted by Crippen LogP contribution is 1.98. The smallest absolute Gasteiger partial charge is 0.159 e. The summed E-state index contributed by atoms with van der Waals surface area (Å²) in [5.74, 6) is 0.459. The van der Waals surface area contributed by atoms with Gasteiger partial charge in [-0.25, -0.2) is 0 Å². The van der Waals surface area contributed by atoms with Gasteiger partial charge in [0.1, 0.15) is 11.6 Å². The molecular formula is C24H26N2O3. The summed E-state index contributed by atoms with van der Waals surface area (Å²) in [4.78, 5) is 39.7. The Morgan fingerprint density at radius 1 is 0.690 bits per heavy atom. The highest BCUT2D eigenvalue weighted by atomic mass is 16.1. The predicted molar refractivity (Wildman–Crippen MR) is 114 cm³/mol. The monoisotopic (exact) mass is 390 g/mol. The molecule has 0 saturated carbocycles. The normalized spacial score (nSPS) is 9.21. The van der Waals surface area contributed by atoms with Crippen LogP contribution in [0.15, 0.2) is 79.3 Å². The van der Waals surface area contributed by atoms with Gasteiger partial charge in [0.15, 0.2) is 5.78 Å². The van der Waals surface area contributed by atoms with Crippen molar-refractivity contribution in [2.75, 3.05) is 0 Å². The van der Waals surface area contributed by atoms with Crippen molar-refractivity contribution in [2.45, 2.75) is 33.6 Å². The first-order chi connectivity index (χ1) is 13.9. The molecule has 0 radical (unpaired) electrons. The van der Waals surface area contributed by atoms with Crippen molar-refractivity contribution in [1.82, 2.24) is 9.97 Å². The molecule has 2 aromatic heterocycles. The fraction of sp³-hybridized carbons (Fsp3) is 0.208. The molecule has 29 heavy (non-hydrogen) atoms. The summed E-state index contributed by atoms with van der Waals surface area (Å²) in [5, 5.41) is 0. The average molecular weight is 390 g/mol. The Morgan fingerprint density at radius 2 is 1.28 bits per heavy atom. The molecule has 0 spiro atoms. The summed E-state index contributed by atoms with van der Waals surface area (Å²) in [7, 11) is 0. The summed E-state index contributed by atoms with van der Waals surface area (Å²) in [5.41, 5.74) is 2.65. The van der Waals surface area contributed by atoms with E-state index in [4.69, 9.17) is 0 Å². The maximum Gasteiger partial charge on any atom is 0.159 e. The first kappa shape index (κ1) is 23.6. The number of rotatable bonds is 5. The number of carbonyl (C=O) groups is 3. The number of Topliss-reactive ketones (excluding diaryl/α,β-unsaturated/α-hetero) is 3. The van der Waals surface area contributed by atoms with Gasteiger partial charge < -0.3 is 0 Å². The highest BCUT2D eigenvalue weighted by Gasteiger charge is 1.95. The minimum Gasteiger partial charge on any atom is -0.300 e. The molecule has 5 nitrogen and oxygen atoms in total. The molecule has 0 saturated heterocycles. The van der Waals surface area contributed by atoms with Crippen LogP contribution >= 0.6 is 0 Å². The predicted octanol–water partition coefficient (Wildman–Crippen LogP) is 4.32. The first-order valence-corrected chi connectivity index (χ1v) is 9.22. The number of hydrogen-bond donors (Lipinski definition) is 0. The van der Waals surface area contributed by atoms with E-state index in [2.05, 4.69) is 9.97 Å². The van der Waals surface area contributed by atoms with Crippen LogP contribution in [0.25, 0.3) is 0 Å². The molecule has 0 fully saturated rings. The number of nitrogens with zero attached hydrogens (tertiary/aromatic N) is 2. The standard InChI is InChI=1S/2C8H9NO.C8H8O/c1-7(10)6-8-2-4-9-5-3-8;1-7(10)6-8-4-2-3-5-9-8;1-7(9)8-5-3-2-4-6-8/h2*2-5H,6H2,1H3;2-6H,1H3. The van der Waals surface area contributed by atoms with Crippen LogP contribution in [0.4, 0.5) is 0 Å². The third-order valence-corrected chi connectivity index (χ3v) is 3.54. The Bertz CT molecular complexity index is 828. The number of hydrogen-bond acceptors (Lipinski definition) is 5. The summed E-state index contributed by atoms with van der Waals surface area (Å²) >= 11 is 0. The minimum atomic E-state index is 0.121. The SMILES string of the molecule is CC(=O)Cc1ccccn1.CC(=O)Cc1ccncc1.CC(=O)c1ccccc1. The maximum absolute atomic E-state index is 10.6. The summed E-state index contributed by atoms with van der Waals surface area (Å²) in [6.45, 7) is 4.71. The van der Waals surface area contributed by atoms with Crippen LogP contribution in [-0.4, -0.2) is 27.3 Å². The third-order valence-electron chi connectivity index (χ3n) is 3.54. The van der Waals surface area contributed by atoms with Gasteiger partial charge in [-0.2, -0.15) is 0 Å². The summed E-state index contributed by atoms with van der Waals surface area (Å²) < 4.78 is 0. The van der Waals surface area contributed by atoms with Crippen molar-refractivity contribution in [3.8, 4) is 0 Å². The van der Waals surface area contributed by atoms with Gasteiger partial charge in [-0.05, 0) is 50.6 Å². The van der Waals surface area contributed by atoms with Crippen molar-refractivity contribution in [1.29, 1.82) is 0 Å². The molecule has 0 N–H and O–H groups in total. The largest absolute Gasteiger partial charge is 0.300 e. The fourth-order valence-electron chi connectivity index (χ4n) is 2.22. The van der Waals surface area contributed by atoms with E-state index in [1.807, 2.05) is 60.7 Å².